The minimum Gasteiger partial charge on any atom is -0.481 e. The van der Waals surface area contributed by atoms with Crippen LogP contribution < -0.4 is 37.6 Å². The number of hydrogen-bond donors (Lipinski definition) is 8. The van der Waals surface area contributed by atoms with Crippen molar-refractivity contribution in [3.8, 4) is 0 Å². The largest absolute Gasteiger partial charge is 0.481 e. The van der Waals surface area contributed by atoms with Gasteiger partial charge in [0.15, 0.2) is 0 Å². The van der Waals surface area contributed by atoms with Crippen LogP contribution in [0.15, 0.2) is 60.7 Å². The van der Waals surface area contributed by atoms with E-state index in [2.05, 4.69) is 21.3 Å². The maximum Gasteiger partial charge on any atom is 0.326 e. The normalized spacial score (nSPS) is 14.4. The number of amides is 5. The zero-order valence-corrected chi connectivity index (χ0v) is 32.2. The summed E-state index contributed by atoms with van der Waals surface area (Å²) < 4.78 is 0. The second-order valence-electron chi connectivity index (χ2n) is 14.2. The molecule has 0 bridgehead atoms. The number of nitrogens with one attached hydrogen (secondary N) is 4. The second-order valence-corrected chi connectivity index (χ2v) is 14.2. The van der Waals surface area contributed by atoms with Gasteiger partial charge in [0, 0.05) is 80.2 Å². The zero-order valence-electron chi connectivity index (χ0n) is 32.2. The molecular weight excluding hydrogens is 736 g/mol. The highest BCUT2D eigenvalue weighted by atomic mass is 16.4. The highest BCUT2D eigenvalue weighted by Crippen LogP contribution is 2.35. The molecular formula is C40H52N8O9. The predicted molar refractivity (Wildman–Crippen MR) is 212 cm³/mol. The molecule has 17 heteroatoms. The molecule has 0 aliphatic carbocycles. The zero-order chi connectivity index (χ0) is 41.6. The summed E-state index contributed by atoms with van der Waals surface area (Å²) in [6, 6.07) is 14.5. The number of carbonyl (C=O) groups is 7. The van der Waals surface area contributed by atoms with Crippen molar-refractivity contribution in [3.05, 3.63) is 77.4 Å². The standard InChI is InChI=1S/C40H52N8O9/c1-47(2)32-15-14-28-35-26(32)10-6-11-27(35)38(54)48(39(28)55)21-18-30(37(53)44-20-17-31(40(56)57)45-33(49)12-7-13-34(50)51)46-36(52)29(42)16-19-43-23-25(41)22-24-8-4-3-5-9-24/h3-6,8-11,14-15,25,29-31,43H,7,12-13,16-23,41-42H2,1-2H3,(H,44,53)(H,45,49)(H,46,52)(H,50,51)(H,56,57)/t25-,29-,30+,31+/m0/s1. The summed E-state index contributed by atoms with van der Waals surface area (Å²) in [5.74, 6) is -5.62. The van der Waals surface area contributed by atoms with E-state index >= 15 is 0 Å². The number of nitrogens with zero attached hydrogens (tertiary/aromatic N) is 2. The Labute approximate surface area is 330 Å². The van der Waals surface area contributed by atoms with Gasteiger partial charge < -0.3 is 47.8 Å². The van der Waals surface area contributed by atoms with Crippen LogP contribution in [0.3, 0.4) is 0 Å². The molecule has 5 amide bonds. The number of carbonyl (C=O) groups excluding carboxylic acids is 5. The lowest BCUT2D eigenvalue weighted by Gasteiger charge is -2.30. The van der Waals surface area contributed by atoms with Gasteiger partial charge in [0.05, 0.1) is 6.04 Å². The average Bonchev–Trinajstić information content (AvgIpc) is 3.17. The van der Waals surface area contributed by atoms with E-state index in [4.69, 9.17) is 16.6 Å². The van der Waals surface area contributed by atoms with Crippen molar-refractivity contribution in [2.45, 2.75) is 69.1 Å². The van der Waals surface area contributed by atoms with Gasteiger partial charge in [0.1, 0.15) is 12.1 Å². The molecule has 0 saturated carbocycles. The summed E-state index contributed by atoms with van der Waals surface area (Å²) in [5.41, 5.74) is 15.0. The Morgan fingerprint density at radius 2 is 1.47 bits per heavy atom. The minimum atomic E-state index is -1.39. The van der Waals surface area contributed by atoms with E-state index in [1.807, 2.05) is 55.4 Å². The van der Waals surface area contributed by atoms with Crippen molar-refractivity contribution < 1.29 is 43.8 Å². The summed E-state index contributed by atoms with van der Waals surface area (Å²) in [4.78, 5) is 92.1. The number of rotatable bonds is 23. The number of anilines is 1. The Hall–Kier alpha value is -5.91. The lowest BCUT2D eigenvalue weighted by atomic mass is 9.92. The van der Waals surface area contributed by atoms with Gasteiger partial charge in [-0.05, 0) is 62.4 Å². The van der Waals surface area contributed by atoms with Crippen LogP contribution in [0, 0.1) is 0 Å². The summed E-state index contributed by atoms with van der Waals surface area (Å²) >= 11 is 0. The minimum absolute atomic E-state index is 0.0193. The molecule has 0 radical (unpaired) electrons. The van der Waals surface area contributed by atoms with Gasteiger partial charge in [-0.3, -0.25) is 33.7 Å². The molecule has 4 rings (SSSR count). The molecule has 10 N–H and O–H groups in total. The molecule has 3 aromatic carbocycles. The van der Waals surface area contributed by atoms with Gasteiger partial charge in [0.25, 0.3) is 11.8 Å². The molecule has 0 unspecified atom stereocenters. The SMILES string of the molecule is CN(C)c1ccc2c3c(cccc13)C(=O)N(CC[C@@H](NC(=O)[C@@H](N)CCNC[C@@H](N)Cc1ccccc1)C(=O)NCC[C@@H](NC(=O)CCCC(=O)O)C(=O)O)C2=O. The highest BCUT2D eigenvalue weighted by molar-refractivity contribution is 6.26. The Balaban J connectivity index is 1.41. The Morgan fingerprint density at radius 1 is 0.772 bits per heavy atom. The van der Waals surface area contributed by atoms with Gasteiger partial charge in [0.2, 0.25) is 17.7 Å². The van der Waals surface area contributed by atoms with Crippen molar-refractivity contribution >= 4 is 57.9 Å². The van der Waals surface area contributed by atoms with E-state index in [9.17, 15) is 38.7 Å². The molecule has 4 atom stereocenters. The van der Waals surface area contributed by atoms with E-state index in [1.54, 1.807) is 24.3 Å². The van der Waals surface area contributed by atoms with E-state index in [1.165, 1.54) is 0 Å². The molecule has 0 saturated heterocycles. The van der Waals surface area contributed by atoms with Gasteiger partial charge in [-0.1, -0.05) is 42.5 Å². The maximum absolute atomic E-state index is 13.8. The van der Waals surface area contributed by atoms with Crippen molar-refractivity contribution in [2.24, 2.45) is 11.5 Å². The fraction of sp³-hybridized carbons (Fsp3) is 0.425. The van der Waals surface area contributed by atoms with Crippen molar-refractivity contribution in [3.63, 3.8) is 0 Å². The van der Waals surface area contributed by atoms with Crippen LogP contribution >= 0.6 is 0 Å². The number of aliphatic carboxylic acids is 2. The van der Waals surface area contributed by atoms with Crippen molar-refractivity contribution in [1.82, 2.24) is 26.2 Å². The molecule has 306 valence electrons. The van der Waals surface area contributed by atoms with Crippen LogP contribution in [0.1, 0.15) is 64.8 Å². The van der Waals surface area contributed by atoms with Crippen molar-refractivity contribution in [2.75, 3.05) is 45.2 Å². The maximum atomic E-state index is 13.8. The fourth-order valence-electron chi connectivity index (χ4n) is 6.58. The smallest absolute Gasteiger partial charge is 0.326 e. The van der Waals surface area contributed by atoms with Crippen LogP contribution in [0.2, 0.25) is 0 Å². The first kappa shape index (κ1) is 43.8. The third kappa shape index (κ3) is 12.3. The van der Waals surface area contributed by atoms with Crippen molar-refractivity contribution in [1.29, 1.82) is 0 Å². The monoisotopic (exact) mass is 788 g/mol. The molecule has 3 aromatic rings. The van der Waals surface area contributed by atoms with E-state index in [0.717, 1.165) is 21.5 Å². The summed E-state index contributed by atoms with van der Waals surface area (Å²) in [6.07, 6.45) is -0.0124. The molecule has 1 aliphatic rings. The summed E-state index contributed by atoms with van der Waals surface area (Å²) in [7, 11) is 3.72. The van der Waals surface area contributed by atoms with E-state index < -0.39 is 59.6 Å². The first-order chi connectivity index (χ1) is 27.2. The van der Waals surface area contributed by atoms with Crippen LogP contribution in [-0.4, -0.2) is 121 Å². The number of benzene rings is 3. The Bertz CT molecular complexity index is 1920. The van der Waals surface area contributed by atoms with Crippen LogP contribution in [0.5, 0.6) is 0 Å². The van der Waals surface area contributed by atoms with Gasteiger partial charge in [-0.2, -0.15) is 0 Å². The third-order valence-electron chi connectivity index (χ3n) is 9.60. The van der Waals surface area contributed by atoms with Gasteiger partial charge >= 0.3 is 11.9 Å². The van der Waals surface area contributed by atoms with Crippen LogP contribution in [0.4, 0.5) is 5.69 Å². The van der Waals surface area contributed by atoms with E-state index in [-0.39, 0.29) is 57.7 Å². The number of carboxylic acids is 2. The lowest BCUT2D eigenvalue weighted by Crippen LogP contribution is -2.54. The topological polar surface area (TPSA) is 267 Å². The van der Waals surface area contributed by atoms with Gasteiger partial charge in [-0.25, -0.2) is 4.79 Å². The average molecular weight is 789 g/mol. The number of nitrogens with two attached hydrogens (primary N) is 2. The van der Waals surface area contributed by atoms with Gasteiger partial charge in [-0.15, -0.1) is 0 Å². The first-order valence-corrected chi connectivity index (χ1v) is 18.8. The first-order valence-electron chi connectivity index (χ1n) is 18.8. The van der Waals surface area contributed by atoms with Crippen LogP contribution in [0.25, 0.3) is 10.8 Å². The fourth-order valence-corrected chi connectivity index (χ4v) is 6.58. The summed E-state index contributed by atoms with van der Waals surface area (Å²) in [6.45, 7) is 0.340. The summed E-state index contributed by atoms with van der Waals surface area (Å²) in [5, 5.41) is 30.4. The molecule has 17 nitrogen and oxygen atoms in total. The van der Waals surface area contributed by atoms with Crippen LogP contribution in [-0.2, 0) is 30.4 Å². The number of carboxylic acid groups (broad SMARTS) is 2. The predicted octanol–water partition coefficient (Wildman–Crippen LogP) is 0.584. The molecule has 1 heterocycles. The lowest BCUT2D eigenvalue weighted by molar-refractivity contribution is -0.142. The highest BCUT2D eigenvalue weighted by Gasteiger charge is 2.35. The third-order valence-corrected chi connectivity index (χ3v) is 9.60. The molecule has 57 heavy (non-hydrogen) atoms. The molecule has 0 aromatic heterocycles. The number of hydrogen-bond acceptors (Lipinski definition) is 11. The quantitative estimate of drug-likeness (QED) is 0.0484. The Morgan fingerprint density at radius 3 is 2.14 bits per heavy atom. The number of imide groups is 1. The van der Waals surface area contributed by atoms with E-state index in [0.29, 0.717) is 36.0 Å². The molecule has 0 spiro atoms. The molecule has 0 fully saturated rings. The molecule has 1 aliphatic heterocycles. The Kier molecular flexibility index (Phi) is 16.0. The second kappa shape index (κ2) is 20.8.